The van der Waals surface area contributed by atoms with Crippen LogP contribution in [0.15, 0.2) is 47.5 Å². The molecule has 0 aliphatic rings. The van der Waals surface area contributed by atoms with E-state index < -0.39 is 5.97 Å². The zero-order chi connectivity index (χ0) is 22.7. The van der Waals surface area contributed by atoms with Gasteiger partial charge in [0.05, 0.1) is 29.0 Å². The van der Waals surface area contributed by atoms with Crippen molar-refractivity contribution in [3.8, 4) is 5.75 Å². The van der Waals surface area contributed by atoms with Crippen LogP contribution in [0.4, 0.5) is 5.95 Å². The first-order chi connectivity index (χ1) is 15.4. The highest BCUT2D eigenvalue weighted by molar-refractivity contribution is 6.42. The van der Waals surface area contributed by atoms with Gasteiger partial charge in [-0.05, 0) is 29.8 Å². The van der Waals surface area contributed by atoms with Crippen molar-refractivity contribution in [1.82, 2.24) is 24.7 Å². The highest BCUT2D eigenvalue weighted by Gasteiger charge is 2.11. The van der Waals surface area contributed by atoms with Crippen LogP contribution in [0.25, 0.3) is 11.0 Å². The van der Waals surface area contributed by atoms with Gasteiger partial charge in [-0.1, -0.05) is 29.3 Å². The first-order valence-electron chi connectivity index (χ1n) is 9.36. The second kappa shape index (κ2) is 10.5. The number of hydrogen-bond donors (Lipinski definition) is 3. The van der Waals surface area contributed by atoms with Crippen LogP contribution in [0.2, 0.25) is 10.0 Å². The number of benzene rings is 1. The molecule has 0 amide bonds. The van der Waals surface area contributed by atoms with Gasteiger partial charge in [-0.15, -0.1) is 12.4 Å². The average Bonchev–Trinajstić information content (AvgIpc) is 3.18. The lowest BCUT2D eigenvalue weighted by molar-refractivity contribution is 0.0690. The quantitative estimate of drug-likeness (QED) is 0.326. The van der Waals surface area contributed by atoms with Gasteiger partial charge in [-0.25, -0.2) is 14.8 Å². The Hall–Kier alpha value is -3.34. The maximum Gasteiger partial charge on any atom is 0.354 e. The maximum absolute atomic E-state index is 12.6. The van der Waals surface area contributed by atoms with Crippen LogP contribution in [0.3, 0.4) is 0 Å². The topological polar surface area (TPSA) is 135 Å². The van der Waals surface area contributed by atoms with Crippen LogP contribution in [-0.4, -0.2) is 42.4 Å². The standard InChI is InChI=1S/C20H16Cl2N6O4.ClH/c21-13-3-1-11(7-14(13)22)8-24-20-26-16-10-25-28(17(16)18(29)27-20)5-6-32-12-2-4-15(19(30)31)23-9-12;/h1-4,7,9-10H,5-6,8H2,(H,30,31)(H2,24,26,27,29);1H. The number of halogens is 3. The van der Waals surface area contributed by atoms with E-state index in [1.807, 2.05) is 6.07 Å². The zero-order valence-corrected chi connectivity index (χ0v) is 19.1. The van der Waals surface area contributed by atoms with E-state index in [0.29, 0.717) is 39.3 Å². The number of nitrogens with zero attached hydrogens (tertiary/aromatic N) is 4. The van der Waals surface area contributed by atoms with Gasteiger partial charge in [0.25, 0.3) is 5.56 Å². The lowest BCUT2D eigenvalue weighted by Crippen LogP contribution is -2.18. The Morgan fingerprint density at radius 2 is 2.00 bits per heavy atom. The number of nitrogens with one attached hydrogen (secondary N) is 2. The normalized spacial score (nSPS) is 10.6. The van der Waals surface area contributed by atoms with E-state index in [-0.39, 0.29) is 36.8 Å². The molecule has 33 heavy (non-hydrogen) atoms. The molecule has 0 radical (unpaired) electrons. The van der Waals surface area contributed by atoms with Crippen LogP contribution in [0, 0.1) is 0 Å². The van der Waals surface area contributed by atoms with Crippen molar-refractivity contribution in [1.29, 1.82) is 0 Å². The fourth-order valence-electron chi connectivity index (χ4n) is 2.94. The monoisotopic (exact) mass is 510 g/mol. The Labute approximate surface area is 202 Å². The molecule has 13 heteroatoms. The molecule has 0 fully saturated rings. The number of hydrogen-bond acceptors (Lipinski definition) is 7. The largest absolute Gasteiger partial charge is 0.490 e. The summed E-state index contributed by atoms with van der Waals surface area (Å²) in [6.07, 6.45) is 2.82. The van der Waals surface area contributed by atoms with E-state index in [0.717, 1.165) is 5.56 Å². The third-order valence-electron chi connectivity index (χ3n) is 4.47. The second-order valence-electron chi connectivity index (χ2n) is 6.65. The Balaban J connectivity index is 0.00000306. The summed E-state index contributed by atoms with van der Waals surface area (Å²) in [5, 5.41) is 17.0. The molecule has 0 aliphatic carbocycles. The summed E-state index contributed by atoms with van der Waals surface area (Å²) < 4.78 is 7.04. The predicted octanol–water partition coefficient (Wildman–Crippen LogP) is 3.63. The van der Waals surface area contributed by atoms with Crippen LogP contribution in [-0.2, 0) is 13.1 Å². The molecule has 0 spiro atoms. The number of aromatic amines is 1. The molecule has 0 bridgehead atoms. The lowest BCUT2D eigenvalue weighted by atomic mass is 10.2. The van der Waals surface area contributed by atoms with Crippen molar-refractivity contribution >= 4 is 58.6 Å². The van der Waals surface area contributed by atoms with Gasteiger partial charge in [0, 0.05) is 6.54 Å². The maximum atomic E-state index is 12.6. The molecule has 0 saturated heterocycles. The molecule has 1 aromatic carbocycles. The molecule has 4 aromatic rings. The van der Waals surface area contributed by atoms with E-state index in [9.17, 15) is 9.59 Å². The molecule has 4 rings (SSSR count). The molecule has 3 N–H and O–H groups in total. The second-order valence-corrected chi connectivity index (χ2v) is 7.47. The predicted molar refractivity (Wildman–Crippen MR) is 126 cm³/mol. The first kappa shape index (κ1) is 24.3. The van der Waals surface area contributed by atoms with Crippen molar-refractivity contribution in [3.05, 3.63) is 74.4 Å². The van der Waals surface area contributed by atoms with Gasteiger partial charge in [0.2, 0.25) is 5.95 Å². The summed E-state index contributed by atoms with van der Waals surface area (Å²) in [7, 11) is 0. The van der Waals surface area contributed by atoms with Crippen molar-refractivity contribution in [2.75, 3.05) is 11.9 Å². The highest BCUT2D eigenvalue weighted by atomic mass is 35.5. The first-order valence-corrected chi connectivity index (χ1v) is 10.1. The number of fused-ring (bicyclic) bond motifs is 1. The van der Waals surface area contributed by atoms with E-state index in [1.165, 1.54) is 29.2 Å². The number of carboxylic acid groups (broad SMARTS) is 1. The smallest absolute Gasteiger partial charge is 0.354 e. The molecule has 0 saturated carbocycles. The van der Waals surface area contributed by atoms with Gasteiger partial charge in [-0.3, -0.25) is 14.5 Å². The van der Waals surface area contributed by atoms with Crippen molar-refractivity contribution in [3.63, 3.8) is 0 Å². The molecule has 0 unspecified atom stereocenters. The van der Waals surface area contributed by atoms with Gasteiger partial charge in [0.1, 0.15) is 23.6 Å². The minimum atomic E-state index is -1.11. The van der Waals surface area contributed by atoms with Crippen LogP contribution >= 0.6 is 35.6 Å². The molecular weight excluding hydrogens is 495 g/mol. The van der Waals surface area contributed by atoms with Crippen LogP contribution in [0.5, 0.6) is 5.75 Å². The number of rotatable bonds is 8. The summed E-state index contributed by atoms with van der Waals surface area (Å²) in [6.45, 7) is 0.870. The van der Waals surface area contributed by atoms with Crippen molar-refractivity contribution in [2.24, 2.45) is 0 Å². The van der Waals surface area contributed by atoms with Gasteiger partial charge in [-0.2, -0.15) is 5.10 Å². The van der Waals surface area contributed by atoms with Gasteiger partial charge < -0.3 is 15.2 Å². The average molecular weight is 512 g/mol. The Morgan fingerprint density at radius 1 is 1.18 bits per heavy atom. The number of aromatic nitrogens is 5. The fraction of sp³-hybridized carbons (Fsp3) is 0.150. The van der Waals surface area contributed by atoms with Crippen molar-refractivity contribution < 1.29 is 14.6 Å². The number of carbonyl (C=O) groups is 1. The van der Waals surface area contributed by atoms with E-state index >= 15 is 0 Å². The molecule has 172 valence electrons. The summed E-state index contributed by atoms with van der Waals surface area (Å²) in [4.78, 5) is 34.3. The Morgan fingerprint density at radius 3 is 2.70 bits per heavy atom. The summed E-state index contributed by atoms with van der Waals surface area (Å²) in [5.74, 6) is -0.404. The third-order valence-corrected chi connectivity index (χ3v) is 5.21. The van der Waals surface area contributed by atoms with Crippen molar-refractivity contribution in [2.45, 2.75) is 13.1 Å². The minimum absolute atomic E-state index is 0. The number of H-pyrrole nitrogens is 1. The highest BCUT2D eigenvalue weighted by Crippen LogP contribution is 2.23. The van der Waals surface area contributed by atoms with E-state index in [1.54, 1.807) is 12.1 Å². The van der Waals surface area contributed by atoms with Gasteiger partial charge >= 0.3 is 5.97 Å². The molecule has 10 nitrogen and oxygen atoms in total. The van der Waals surface area contributed by atoms with E-state index in [2.05, 4.69) is 25.4 Å². The van der Waals surface area contributed by atoms with Gasteiger partial charge in [0.15, 0.2) is 5.52 Å². The molecule has 0 atom stereocenters. The molecule has 3 aromatic heterocycles. The SMILES string of the molecule is Cl.O=C(O)c1ccc(OCCn2ncc3nc(NCc4ccc(Cl)c(Cl)c4)[nH]c(=O)c32)cn1. The summed E-state index contributed by atoms with van der Waals surface area (Å²) in [6, 6.07) is 8.11. The zero-order valence-electron chi connectivity index (χ0n) is 16.8. The summed E-state index contributed by atoms with van der Waals surface area (Å²) in [5.41, 5.74) is 1.19. The Bertz CT molecular complexity index is 1340. The minimum Gasteiger partial charge on any atom is -0.490 e. The number of anilines is 1. The van der Waals surface area contributed by atoms with Crippen LogP contribution < -0.4 is 15.6 Å². The fourth-order valence-corrected chi connectivity index (χ4v) is 3.26. The lowest BCUT2D eigenvalue weighted by Gasteiger charge is -2.08. The molecule has 3 heterocycles. The third kappa shape index (κ3) is 5.72. The molecular formula is C20H17Cl3N6O4. The number of aromatic carboxylic acids is 1. The number of carboxylic acids is 1. The Kier molecular flexibility index (Phi) is 7.75. The number of pyridine rings is 1. The van der Waals surface area contributed by atoms with E-state index in [4.69, 9.17) is 33.0 Å². The number of ether oxygens (including phenoxy) is 1. The molecule has 0 aliphatic heterocycles. The van der Waals surface area contributed by atoms with Crippen LogP contribution in [0.1, 0.15) is 16.1 Å². The summed E-state index contributed by atoms with van der Waals surface area (Å²) >= 11 is 11.9.